The first-order valence-corrected chi connectivity index (χ1v) is 6.13. The molecular formula is C12H26N2O. The van der Waals surface area contributed by atoms with Gasteiger partial charge in [0, 0.05) is 26.3 Å². The molecule has 0 amide bonds. The second-order valence-corrected chi connectivity index (χ2v) is 4.94. The molecule has 0 radical (unpaired) electrons. The van der Waals surface area contributed by atoms with Crippen molar-refractivity contribution >= 4 is 0 Å². The predicted molar refractivity (Wildman–Crippen MR) is 64.1 cm³/mol. The van der Waals surface area contributed by atoms with Crippen LogP contribution >= 0.6 is 0 Å². The molecule has 1 saturated heterocycles. The van der Waals surface area contributed by atoms with E-state index in [4.69, 9.17) is 4.74 Å². The summed E-state index contributed by atoms with van der Waals surface area (Å²) in [5.74, 6) is 1.59. The van der Waals surface area contributed by atoms with E-state index >= 15 is 0 Å². The largest absolute Gasteiger partial charge is 0.381 e. The quantitative estimate of drug-likeness (QED) is 0.719. The summed E-state index contributed by atoms with van der Waals surface area (Å²) in [5, 5.41) is 3.23. The number of rotatable bonds is 6. The van der Waals surface area contributed by atoms with Gasteiger partial charge in [0.1, 0.15) is 0 Å². The number of nitrogens with zero attached hydrogens (tertiary/aromatic N) is 1. The van der Waals surface area contributed by atoms with Crippen molar-refractivity contribution in [2.24, 2.45) is 11.8 Å². The molecule has 3 heteroatoms. The van der Waals surface area contributed by atoms with Gasteiger partial charge in [-0.3, -0.25) is 0 Å². The van der Waals surface area contributed by atoms with Crippen molar-refractivity contribution in [3.05, 3.63) is 0 Å². The fourth-order valence-electron chi connectivity index (χ4n) is 2.39. The van der Waals surface area contributed by atoms with E-state index in [2.05, 4.69) is 24.2 Å². The molecule has 0 aromatic rings. The number of nitrogens with one attached hydrogen (secondary N) is 1. The van der Waals surface area contributed by atoms with Gasteiger partial charge in [0.25, 0.3) is 0 Å². The molecule has 3 nitrogen and oxygen atoms in total. The summed E-state index contributed by atoms with van der Waals surface area (Å²) in [6.45, 7) is 7.76. The van der Waals surface area contributed by atoms with Crippen LogP contribution in [0.3, 0.4) is 0 Å². The highest BCUT2D eigenvalue weighted by molar-refractivity contribution is 4.69. The van der Waals surface area contributed by atoms with Crippen molar-refractivity contribution in [1.82, 2.24) is 10.2 Å². The highest BCUT2D eigenvalue weighted by Gasteiger charge is 2.16. The Hall–Kier alpha value is -0.120. The SMILES string of the molecule is CNCC(C)CN(C)CC1CCOCC1. The molecule has 0 aromatic carbocycles. The van der Waals surface area contributed by atoms with Crippen molar-refractivity contribution in [2.75, 3.05) is 46.9 Å². The zero-order valence-corrected chi connectivity index (χ0v) is 10.5. The van der Waals surface area contributed by atoms with Crippen LogP contribution in [0.15, 0.2) is 0 Å². The number of hydrogen-bond donors (Lipinski definition) is 1. The van der Waals surface area contributed by atoms with Gasteiger partial charge < -0.3 is 15.0 Å². The van der Waals surface area contributed by atoms with E-state index in [1.165, 1.54) is 25.9 Å². The maximum atomic E-state index is 5.37. The maximum absolute atomic E-state index is 5.37. The van der Waals surface area contributed by atoms with Crippen LogP contribution in [-0.4, -0.2) is 51.8 Å². The minimum Gasteiger partial charge on any atom is -0.381 e. The van der Waals surface area contributed by atoms with Crippen LogP contribution in [0.2, 0.25) is 0 Å². The third kappa shape index (κ3) is 5.50. The Morgan fingerprint density at radius 3 is 2.67 bits per heavy atom. The zero-order valence-electron chi connectivity index (χ0n) is 10.5. The van der Waals surface area contributed by atoms with Crippen molar-refractivity contribution in [3.8, 4) is 0 Å². The van der Waals surface area contributed by atoms with Gasteiger partial charge in [-0.1, -0.05) is 6.92 Å². The minimum atomic E-state index is 0.736. The summed E-state index contributed by atoms with van der Waals surface area (Å²) in [5.41, 5.74) is 0. The van der Waals surface area contributed by atoms with Crippen LogP contribution in [0.25, 0.3) is 0 Å². The average molecular weight is 214 g/mol. The van der Waals surface area contributed by atoms with Gasteiger partial charge in [0.05, 0.1) is 0 Å². The van der Waals surface area contributed by atoms with Crippen molar-refractivity contribution < 1.29 is 4.74 Å². The molecule has 1 atom stereocenters. The van der Waals surface area contributed by atoms with Gasteiger partial charge in [-0.25, -0.2) is 0 Å². The molecule has 0 aromatic heterocycles. The summed E-state index contributed by atoms with van der Waals surface area (Å²) in [6, 6.07) is 0. The summed E-state index contributed by atoms with van der Waals surface area (Å²) in [6.07, 6.45) is 2.48. The normalized spacial score (nSPS) is 20.8. The van der Waals surface area contributed by atoms with Crippen LogP contribution in [0.4, 0.5) is 0 Å². The molecule has 90 valence electrons. The highest BCUT2D eigenvalue weighted by atomic mass is 16.5. The predicted octanol–water partition coefficient (Wildman–Crippen LogP) is 1.20. The van der Waals surface area contributed by atoms with Gasteiger partial charge in [-0.15, -0.1) is 0 Å². The third-order valence-corrected chi connectivity index (χ3v) is 3.09. The maximum Gasteiger partial charge on any atom is 0.0469 e. The lowest BCUT2D eigenvalue weighted by molar-refractivity contribution is 0.0543. The van der Waals surface area contributed by atoms with Crippen LogP contribution in [0.5, 0.6) is 0 Å². The Labute approximate surface area is 94.2 Å². The molecule has 1 N–H and O–H groups in total. The van der Waals surface area contributed by atoms with E-state index in [0.29, 0.717) is 0 Å². The standard InChI is InChI=1S/C12H26N2O/c1-11(8-13-2)9-14(3)10-12-4-6-15-7-5-12/h11-13H,4-10H2,1-3H3. The first-order chi connectivity index (χ1) is 7.22. The lowest BCUT2D eigenvalue weighted by atomic mass is 9.99. The molecule has 1 aliphatic heterocycles. The third-order valence-electron chi connectivity index (χ3n) is 3.09. The number of ether oxygens (including phenoxy) is 1. The molecular weight excluding hydrogens is 188 g/mol. The van der Waals surface area contributed by atoms with E-state index < -0.39 is 0 Å². The Balaban J connectivity index is 2.13. The van der Waals surface area contributed by atoms with E-state index in [9.17, 15) is 0 Å². The van der Waals surface area contributed by atoms with Crippen LogP contribution in [0, 0.1) is 11.8 Å². The summed E-state index contributed by atoms with van der Waals surface area (Å²) in [4.78, 5) is 2.47. The fraction of sp³-hybridized carbons (Fsp3) is 1.00. The molecule has 1 rings (SSSR count). The molecule has 0 aliphatic carbocycles. The van der Waals surface area contributed by atoms with Crippen LogP contribution in [-0.2, 0) is 4.74 Å². The highest BCUT2D eigenvalue weighted by Crippen LogP contribution is 2.15. The summed E-state index contributed by atoms with van der Waals surface area (Å²) in [7, 11) is 4.26. The van der Waals surface area contributed by atoms with E-state index in [1.807, 2.05) is 7.05 Å². The number of hydrogen-bond acceptors (Lipinski definition) is 3. The van der Waals surface area contributed by atoms with E-state index in [1.54, 1.807) is 0 Å². The van der Waals surface area contributed by atoms with Gasteiger partial charge in [0.2, 0.25) is 0 Å². The van der Waals surface area contributed by atoms with Gasteiger partial charge in [0.15, 0.2) is 0 Å². The Bertz CT molecular complexity index is 158. The molecule has 0 spiro atoms. The zero-order chi connectivity index (χ0) is 11.1. The van der Waals surface area contributed by atoms with Gasteiger partial charge in [-0.05, 0) is 45.3 Å². The second-order valence-electron chi connectivity index (χ2n) is 4.94. The van der Waals surface area contributed by atoms with Crippen LogP contribution < -0.4 is 5.32 Å². The Kier molecular flexibility index (Phi) is 6.22. The molecule has 1 heterocycles. The van der Waals surface area contributed by atoms with Crippen molar-refractivity contribution in [3.63, 3.8) is 0 Å². The molecule has 1 aliphatic rings. The Morgan fingerprint density at radius 1 is 1.40 bits per heavy atom. The lowest BCUT2D eigenvalue weighted by Gasteiger charge is -2.28. The molecule has 1 fully saturated rings. The first-order valence-electron chi connectivity index (χ1n) is 6.13. The summed E-state index contributed by atoms with van der Waals surface area (Å²) >= 11 is 0. The van der Waals surface area contributed by atoms with E-state index in [0.717, 1.165) is 31.6 Å². The Morgan fingerprint density at radius 2 is 2.07 bits per heavy atom. The molecule has 1 unspecified atom stereocenters. The molecule has 0 bridgehead atoms. The first kappa shape index (κ1) is 12.9. The van der Waals surface area contributed by atoms with Gasteiger partial charge >= 0.3 is 0 Å². The monoisotopic (exact) mass is 214 g/mol. The smallest absolute Gasteiger partial charge is 0.0469 e. The van der Waals surface area contributed by atoms with Crippen molar-refractivity contribution in [2.45, 2.75) is 19.8 Å². The molecule has 15 heavy (non-hydrogen) atoms. The summed E-state index contributed by atoms with van der Waals surface area (Å²) < 4.78 is 5.37. The molecule has 0 saturated carbocycles. The topological polar surface area (TPSA) is 24.5 Å². The van der Waals surface area contributed by atoms with Gasteiger partial charge in [-0.2, -0.15) is 0 Å². The van der Waals surface area contributed by atoms with E-state index in [-0.39, 0.29) is 0 Å². The van der Waals surface area contributed by atoms with Crippen molar-refractivity contribution in [1.29, 1.82) is 0 Å². The fourth-order valence-corrected chi connectivity index (χ4v) is 2.39. The average Bonchev–Trinajstić information content (AvgIpc) is 2.19. The minimum absolute atomic E-state index is 0.736. The lowest BCUT2D eigenvalue weighted by Crippen LogP contribution is -2.34. The van der Waals surface area contributed by atoms with Crippen LogP contribution in [0.1, 0.15) is 19.8 Å². The second kappa shape index (κ2) is 7.20.